The van der Waals surface area contributed by atoms with Crippen LogP contribution in [0.15, 0.2) is 24.3 Å². The molecule has 1 atom stereocenters. The molecule has 1 aliphatic carbocycles. The Morgan fingerprint density at radius 2 is 1.85 bits per heavy atom. The number of ether oxygens (including phenoxy) is 1. The van der Waals surface area contributed by atoms with Gasteiger partial charge in [-0.3, -0.25) is 9.59 Å². The second-order valence-electron chi connectivity index (χ2n) is 6.86. The number of carbonyl (C=O) groups excluding carboxylic acids is 2. The van der Waals surface area contributed by atoms with E-state index in [9.17, 15) is 9.59 Å². The fraction of sp³-hybridized carbons (Fsp3) is 0.579. The van der Waals surface area contributed by atoms with Crippen LogP contribution in [0.2, 0.25) is 0 Å². The summed E-state index contributed by atoms with van der Waals surface area (Å²) < 4.78 is 5.35. The molecule has 2 aliphatic rings. The monoisotopic (exact) mass is 381 g/mol. The summed E-state index contributed by atoms with van der Waals surface area (Å²) in [6.07, 6.45) is 6.17. The molecule has 1 aromatic carbocycles. The molecule has 2 fully saturated rings. The second-order valence-corrected chi connectivity index (χ2v) is 6.86. The fourth-order valence-electron chi connectivity index (χ4n) is 3.41. The Morgan fingerprint density at radius 1 is 1.12 bits per heavy atom. The molecule has 0 bridgehead atoms. The first kappa shape index (κ1) is 20.7. The van der Waals surface area contributed by atoms with Gasteiger partial charge in [-0.1, -0.05) is 19.3 Å². The van der Waals surface area contributed by atoms with E-state index < -0.39 is 0 Å². The number of amides is 2. The van der Waals surface area contributed by atoms with Gasteiger partial charge in [-0.05, 0) is 37.1 Å². The Kier molecular flexibility index (Phi) is 8.35. The van der Waals surface area contributed by atoms with E-state index in [-0.39, 0.29) is 30.3 Å². The third-order valence-electron chi connectivity index (χ3n) is 4.80. The van der Waals surface area contributed by atoms with E-state index in [0.29, 0.717) is 36.9 Å². The van der Waals surface area contributed by atoms with Crippen LogP contribution in [-0.2, 0) is 9.53 Å². The zero-order valence-electron chi connectivity index (χ0n) is 15.0. The number of rotatable bonds is 5. The van der Waals surface area contributed by atoms with E-state index in [1.54, 1.807) is 24.3 Å². The first-order valence-electron chi connectivity index (χ1n) is 9.22. The number of nitrogens with one attached hydrogen (secondary N) is 3. The molecule has 1 unspecified atom stereocenters. The molecular weight excluding hydrogens is 354 g/mol. The highest BCUT2D eigenvalue weighted by Crippen LogP contribution is 2.18. The summed E-state index contributed by atoms with van der Waals surface area (Å²) in [6.45, 7) is 2.04. The molecule has 3 N–H and O–H groups in total. The van der Waals surface area contributed by atoms with E-state index in [4.69, 9.17) is 4.74 Å². The zero-order valence-corrected chi connectivity index (χ0v) is 15.8. The minimum atomic E-state index is -0.0533. The number of morpholine rings is 1. The lowest BCUT2D eigenvalue weighted by atomic mass is 9.95. The molecule has 0 aromatic heterocycles. The molecule has 7 heteroatoms. The van der Waals surface area contributed by atoms with Crippen LogP contribution >= 0.6 is 12.4 Å². The van der Waals surface area contributed by atoms with Crippen LogP contribution in [0.4, 0.5) is 5.69 Å². The maximum atomic E-state index is 12.3. The molecule has 144 valence electrons. The van der Waals surface area contributed by atoms with Crippen LogP contribution in [-0.4, -0.2) is 43.7 Å². The third-order valence-corrected chi connectivity index (χ3v) is 4.80. The summed E-state index contributed by atoms with van der Waals surface area (Å²) in [7, 11) is 0. The van der Waals surface area contributed by atoms with Crippen LogP contribution in [0.5, 0.6) is 0 Å². The molecule has 6 nitrogen and oxygen atoms in total. The molecule has 1 heterocycles. The standard InChI is InChI=1S/C19H27N3O3.ClH/c23-18(12-17-13-25-11-10-20-17)21-16-8-6-14(7-9-16)19(24)22-15-4-2-1-3-5-15;/h6-9,15,17,20H,1-5,10-13H2,(H,21,23)(H,22,24);1H. The van der Waals surface area contributed by atoms with Gasteiger partial charge in [0, 0.05) is 36.3 Å². The Balaban J connectivity index is 0.00000243. The van der Waals surface area contributed by atoms with Gasteiger partial charge in [-0.2, -0.15) is 0 Å². The minimum absolute atomic E-state index is 0. The maximum absolute atomic E-state index is 12.3. The van der Waals surface area contributed by atoms with Gasteiger partial charge >= 0.3 is 0 Å². The van der Waals surface area contributed by atoms with Crippen LogP contribution in [0.1, 0.15) is 48.9 Å². The maximum Gasteiger partial charge on any atom is 0.251 e. The van der Waals surface area contributed by atoms with Crippen molar-refractivity contribution in [2.75, 3.05) is 25.1 Å². The van der Waals surface area contributed by atoms with E-state index in [1.165, 1.54) is 19.3 Å². The van der Waals surface area contributed by atoms with Crippen LogP contribution in [0.25, 0.3) is 0 Å². The van der Waals surface area contributed by atoms with Gasteiger partial charge in [0.2, 0.25) is 5.91 Å². The van der Waals surface area contributed by atoms with E-state index >= 15 is 0 Å². The average molecular weight is 382 g/mol. The Labute approximate surface area is 160 Å². The van der Waals surface area contributed by atoms with Gasteiger partial charge in [0.05, 0.1) is 13.2 Å². The molecule has 2 amide bonds. The van der Waals surface area contributed by atoms with E-state index in [2.05, 4.69) is 16.0 Å². The average Bonchev–Trinajstić information content (AvgIpc) is 2.64. The highest BCUT2D eigenvalue weighted by molar-refractivity contribution is 5.96. The summed E-state index contributed by atoms with van der Waals surface area (Å²) in [6, 6.07) is 7.43. The predicted molar refractivity (Wildman–Crippen MR) is 104 cm³/mol. The van der Waals surface area contributed by atoms with Crippen LogP contribution < -0.4 is 16.0 Å². The minimum Gasteiger partial charge on any atom is -0.378 e. The van der Waals surface area contributed by atoms with E-state index in [0.717, 1.165) is 19.4 Å². The van der Waals surface area contributed by atoms with Crippen molar-refractivity contribution in [1.29, 1.82) is 0 Å². The Hall–Kier alpha value is -1.63. The highest BCUT2D eigenvalue weighted by atomic mass is 35.5. The van der Waals surface area contributed by atoms with Gasteiger partial charge in [-0.25, -0.2) is 0 Å². The van der Waals surface area contributed by atoms with Crippen LogP contribution in [0.3, 0.4) is 0 Å². The normalized spacial score (nSPS) is 20.7. The smallest absolute Gasteiger partial charge is 0.251 e. The van der Waals surface area contributed by atoms with E-state index in [1.807, 2.05) is 0 Å². The molecule has 1 aromatic rings. The Bertz CT molecular complexity index is 582. The molecule has 0 radical (unpaired) electrons. The molecule has 1 saturated heterocycles. The number of halogens is 1. The molecule has 3 rings (SSSR count). The van der Waals surface area contributed by atoms with Gasteiger partial charge < -0.3 is 20.7 Å². The van der Waals surface area contributed by atoms with Crippen molar-refractivity contribution in [1.82, 2.24) is 10.6 Å². The lowest BCUT2D eigenvalue weighted by Crippen LogP contribution is -2.43. The summed E-state index contributed by atoms with van der Waals surface area (Å²) in [4.78, 5) is 24.4. The summed E-state index contributed by atoms with van der Waals surface area (Å²) in [5, 5.41) is 9.23. The zero-order chi connectivity index (χ0) is 17.5. The number of hydrogen-bond acceptors (Lipinski definition) is 4. The summed E-state index contributed by atoms with van der Waals surface area (Å²) in [5.41, 5.74) is 1.34. The number of hydrogen-bond donors (Lipinski definition) is 3. The quantitative estimate of drug-likeness (QED) is 0.732. The summed E-state index contributed by atoms with van der Waals surface area (Å²) >= 11 is 0. The number of anilines is 1. The van der Waals surface area contributed by atoms with Gasteiger partial charge in [-0.15, -0.1) is 12.4 Å². The molecular formula is C19H28ClN3O3. The lowest BCUT2D eigenvalue weighted by Gasteiger charge is -2.23. The van der Waals surface area contributed by atoms with Crippen molar-refractivity contribution in [2.45, 2.75) is 50.6 Å². The number of benzene rings is 1. The summed E-state index contributed by atoms with van der Waals surface area (Å²) in [5.74, 6) is -0.0873. The SMILES string of the molecule is Cl.O=C(CC1COCCN1)Nc1ccc(C(=O)NC2CCCCC2)cc1. The van der Waals surface area contributed by atoms with Gasteiger partial charge in [0.25, 0.3) is 5.91 Å². The molecule has 1 aliphatic heterocycles. The van der Waals surface area contributed by atoms with Crippen molar-refractivity contribution in [3.05, 3.63) is 29.8 Å². The van der Waals surface area contributed by atoms with Crippen molar-refractivity contribution < 1.29 is 14.3 Å². The fourth-order valence-corrected chi connectivity index (χ4v) is 3.41. The lowest BCUT2D eigenvalue weighted by molar-refractivity contribution is -0.117. The first-order chi connectivity index (χ1) is 12.2. The predicted octanol–water partition coefficient (Wildman–Crippen LogP) is 2.49. The Morgan fingerprint density at radius 3 is 2.50 bits per heavy atom. The third kappa shape index (κ3) is 6.27. The van der Waals surface area contributed by atoms with Crippen molar-refractivity contribution in [3.63, 3.8) is 0 Å². The second kappa shape index (κ2) is 10.5. The molecule has 1 saturated carbocycles. The molecule has 0 spiro atoms. The van der Waals surface area contributed by atoms with Crippen molar-refractivity contribution >= 4 is 29.9 Å². The topological polar surface area (TPSA) is 79.5 Å². The number of carbonyl (C=O) groups is 2. The highest BCUT2D eigenvalue weighted by Gasteiger charge is 2.18. The first-order valence-corrected chi connectivity index (χ1v) is 9.22. The van der Waals surface area contributed by atoms with Crippen molar-refractivity contribution in [3.8, 4) is 0 Å². The van der Waals surface area contributed by atoms with Gasteiger partial charge in [0.15, 0.2) is 0 Å². The van der Waals surface area contributed by atoms with Crippen LogP contribution in [0, 0.1) is 0 Å². The molecule has 26 heavy (non-hydrogen) atoms. The van der Waals surface area contributed by atoms with Gasteiger partial charge in [0.1, 0.15) is 0 Å². The van der Waals surface area contributed by atoms with Crippen molar-refractivity contribution in [2.24, 2.45) is 0 Å². The largest absolute Gasteiger partial charge is 0.378 e.